The van der Waals surface area contributed by atoms with E-state index < -0.39 is 15.6 Å². The van der Waals surface area contributed by atoms with Gasteiger partial charge in [-0.3, -0.25) is 19.4 Å². The summed E-state index contributed by atoms with van der Waals surface area (Å²) < 4.78 is 27.0. The van der Waals surface area contributed by atoms with Gasteiger partial charge in [0.25, 0.3) is 5.91 Å². The summed E-state index contributed by atoms with van der Waals surface area (Å²) in [5.41, 5.74) is 1.39. The van der Waals surface area contributed by atoms with Gasteiger partial charge < -0.3 is 5.32 Å². The van der Waals surface area contributed by atoms with E-state index in [9.17, 15) is 18.0 Å². The molecule has 1 N–H and O–H groups in total. The zero-order chi connectivity index (χ0) is 24.5. The average Bonchev–Trinajstić information content (AvgIpc) is 3.35. The van der Waals surface area contributed by atoms with Crippen LogP contribution >= 0.6 is 0 Å². The number of para-hydroxylation sites is 2. The normalized spacial score (nSPS) is 20.8. The number of piperazine rings is 1. The number of carbonyl (C=O) groups is 2. The number of amides is 2. The summed E-state index contributed by atoms with van der Waals surface area (Å²) >= 11 is 0. The maximum Gasteiger partial charge on any atom is 0.250 e. The molecule has 2 aromatic rings. The third kappa shape index (κ3) is 4.63. The summed E-state index contributed by atoms with van der Waals surface area (Å²) in [5, 5.41) is 4.25. The van der Waals surface area contributed by atoms with Crippen LogP contribution < -0.4 is 10.2 Å². The van der Waals surface area contributed by atoms with E-state index in [1.165, 1.54) is 9.71 Å². The number of sulfonamides is 1. The van der Waals surface area contributed by atoms with Crippen LogP contribution in [0, 0.1) is 0 Å². The lowest BCUT2D eigenvalue weighted by Gasteiger charge is -2.45. The Bertz CT molecular complexity index is 1230. The summed E-state index contributed by atoms with van der Waals surface area (Å²) in [6, 6.07) is 16.8. The lowest BCUT2D eigenvalue weighted by atomic mass is 9.89. The molecule has 2 fully saturated rings. The summed E-state index contributed by atoms with van der Waals surface area (Å²) in [6.07, 6.45) is 4.72. The van der Waals surface area contributed by atoms with Gasteiger partial charge in [-0.05, 0) is 36.6 Å². The molecule has 2 heterocycles. The third-order valence-electron chi connectivity index (χ3n) is 7.21. The Morgan fingerprint density at radius 2 is 1.60 bits per heavy atom. The second-order valence-corrected chi connectivity index (χ2v) is 11.2. The molecule has 35 heavy (non-hydrogen) atoms. The molecule has 1 aliphatic carbocycles. The number of benzene rings is 2. The van der Waals surface area contributed by atoms with E-state index in [2.05, 4.69) is 5.32 Å². The maximum absolute atomic E-state index is 13.6. The molecule has 0 atom stereocenters. The molecule has 2 aromatic carbocycles. The van der Waals surface area contributed by atoms with Crippen molar-refractivity contribution in [3.05, 3.63) is 65.6 Å². The van der Waals surface area contributed by atoms with Crippen molar-refractivity contribution < 1.29 is 18.0 Å². The van der Waals surface area contributed by atoms with Gasteiger partial charge >= 0.3 is 0 Å². The highest BCUT2D eigenvalue weighted by atomic mass is 32.2. The Balaban J connectivity index is 1.26. The molecule has 0 radical (unpaired) electrons. The fourth-order valence-corrected chi connectivity index (χ4v) is 6.52. The van der Waals surface area contributed by atoms with Crippen LogP contribution in [0.25, 0.3) is 6.08 Å². The number of fused-ring (bicyclic) bond motifs is 1. The zero-order valence-corrected chi connectivity index (χ0v) is 20.4. The van der Waals surface area contributed by atoms with Gasteiger partial charge in [-0.1, -0.05) is 55.3 Å². The zero-order valence-electron chi connectivity index (χ0n) is 19.6. The van der Waals surface area contributed by atoms with Gasteiger partial charge in [0.1, 0.15) is 5.54 Å². The van der Waals surface area contributed by atoms with Crippen LogP contribution in [0.2, 0.25) is 0 Å². The minimum absolute atomic E-state index is 0.108. The second-order valence-electron chi connectivity index (χ2n) is 9.37. The molecule has 1 saturated heterocycles. The van der Waals surface area contributed by atoms with Crippen LogP contribution in [0.5, 0.6) is 0 Å². The second kappa shape index (κ2) is 9.56. The van der Waals surface area contributed by atoms with E-state index in [4.69, 9.17) is 0 Å². The summed E-state index contributed by atoms with van der Waals surface area (Å²) in [4.78, 5) is 30.4. The van der Waals surface area contributed by atoms with Crippen LogP contribution in [0.4, 0.5) is 11.4 Å². The maximum atomic E-state index is 13.6. The Morgan fingerprint density at radius 1 is 0.943 bits per heavy atom. The van der Waals surface area contributed by atoms with Gasteiger partial charge in [-0.25, -0.2) is 8.42 Å². The Hall–Kier alpha value is -3.01. The molecule has 2 aliphatic heterocycles. The van der Waals surface area contributed by atoms with Gasteiger partial charge in [0.05, 0.1) is 17.9 Å². The molecule has 0 bridgehead atoms. The molecular formula is C26H30N4O4S. The first kappa shape index (κ1) is 23.7. The van der Waals surface area contributed by atoms with Crippen molar-refractivity contribution in [2.24, 2.45) is 0 Å². The SMILES string of the molecule is O=C(CN1CCN(S(=O)(=O)/C=C/c2ccccc2)CC1)N1c2ccccc2NC(=O)C12CCCC2. The topological polar surface area (TPSA) is 90.0 Å². The first-order valence-electron chi connectivity index (χ1n) is 12.1. The number of hydrogen-bond acceptors (Lipinski definition) is 5. The van der Waals surface area contributed by atoms with Crippen molar-refractivity contribution in [3.8, 4) is 0 Å². The van der Waals surface area contributed by atoms with E-state index >= 15 is 0 Å². The fraction of sp³-hybridized carbons (Fsp3) is 0.385. The monoisotopic (exact) mass is 494 g/mol. The van der Waals surface area contributed by atoms with Crippen molar-refractivity contribution in [2.75, 3.05) is 42.9 Å². The molecule has 3 aliphatic rings. The minimum Gasteiger partial charge on any atom is -0.322 e. The van der Waals surface area contributed by atoms with Gasteiger partial charge in [0, 0.05) is 31.6 Å². The van der Waals surface area contributed by atoms with E-state index in [1.807, 2.05) is 59.5 Å². The van der Waals surface area contributed by atoms with Crippen LogP contribution in [-0.2, 0) is 19.6 Å². The van der Waals surface area contributed by atoms with Crippen molar-refractivity contribution in [3.63, 3.8) is 0 Å². The number of nitrogens with zero attached hydrogens (tertiary/aromatic N) is 3. The summed E-state index contributed by atoms with van der Waals surface area (Å²) in [6.45, 7) is 1.70. The van der Waals surface area contributed by atoms with Crippen LogP contribution in [0.15, 0.2) is 60.0 Å². The molecule has 5 rings (SSSR count). The molecule has 0 unspecified atom stereocenters. The van der Waals surface area contributed by atoms with Crippen molar-refractivity contribution >= 4 is 39.3 Å². The van der Waals surface area contributed by atoms with Crippen LogP contribution in [0.3, 0.4) is 0 Å². The van der Waals surface area contributed by atoms with Crippen molar-refractivity contribution in [1.82, 2.24) is 9.21 Å². The fourth-order valence-electron chi connectivity index (χ4n) is 5.35. The average molecular weight is 495 g/mol. The largest absolute Gasteiger partial charge is 0.322 e. The predicted molar refractivity (Wildman–Crippen MR) is 136 cm³/mol. The highest BCUT2D eigenvalue weighted by molar-refractivity contribution is 7.92. The van der Waals surface area contributed by atoms with Gasteiger partial charge in [-0.15, -0.1) is 0 Å². The Morgan fingerprint density at radius 3 is 2.31 bits per heavy atom. The third-order valence-corrected chi connectivity index (χ3v) is 8.77. The number of hydrogen-bond donors (Lipinski definition) is 1. The number of carbonyl (C=O) groups excluding carboxylic acids is 2. The lowest BCUT2D eigenvalue weighted by Crippen LogP contribution is -2.62. The molecule has 1 saturated carbocycles. The van der Waals surface area contributed by atoms with Gasteiger partial charge in [0.15, 0.2) is 0 Å². The van der Waals surface area contributed by atoms with Crippen LogP contribution in [-0.4, -0.2) is 67.7 Å². The standard InChI is InChI=1S/C26H30N4O4S/c31-24(30-23-11-5-4-10-22(23)27-25(32)26(30)13-6-7-14-26)20-28-15-17-29(18-16-28)35(33,34)19-12-21-8-2-1-3-9-21/h1-5,8-12,19H,6-7,13-18,20H2,(H,27,32)/b19-12+. The Labute approximate surface area is 206 Å². The molecule has 9 heteroatoms. The first-order valence-corrected chi connectivity index (χ1v) is 13.6. The quantitative estimate of drug-likeness (QED) is 0.690. The van der Waals surface area contributed by atoms with E-state index in [0.717, 1.165) is 24.1 Å². The van der Waals surface area contributed by atoms with Gasteiger partial charge in [-0.2, -0.15) is 4.31 Å². The molecule has 1 spiro atoms. The van der Waals surface area contributed by atoms with E-state index in [0.29, 0.717) is 44.7 Å². The Kier molecular flexibility index (Phi) is 6.48. The smallest absolute Gasteiger partial charge is 0.250 e. The van der Waals surface area contributed by atoms with Crippen molar-refractivity contribution in [1.29, 1.82) is 0 Å². The summed E-state index contributed by atoms with van der Waals surface area (Å²) in [7, 11) is -3.54. The highest BCUT2D eigenvalue weighted by Gasteiger charge is 2.52. The predicted octanol–water partition coefficient (Wildman–Crippen LogP) is 2.90. The molecular weight excluding hydrogens is 464 g/mol. The van der Waals surface area contributed by atoms with E-state index in [1.54, 1.807) is 11.0 Å². The van der Waals surface area contributed by atoms with Crippen LogP contribution in [0.1, 0.15) is 31.2 Å². The molecule has 2 amide bonds. The number of nitrogens with one attached hydrogen (secondary N) is 1. The highest BCUT2D eigenvalue weighted by Crippen LogP contribution is 2.45. The van der Waals surface area contributed by atoms with Crippen molar-refractivity contribution in [2.45, 2.75) is 31.2 Å². The first-order chi connectivity index (χ1) is 16.9. The van der Waals surface area contributed by atoms with E-state index in [-0.39, 0.29) is 18.4 Å². The molecule has 0 aromatic heterocycles. The molecule has 8 nitrogen and oxygen atoms in total. The van der Waals surface area contributed by atoms with Gasteiger partial charge in [0.2, 0.25) is 15.9 Å². The summed E-state index contributed by atoms with van der Waals surface area (Å²) in [5.74, 6) is -0.224. The number of anilines is 2. The number of rotatable bonds is 5. The minimum atomic E-state index is -3.54. The lowest BCUT2D eigenvalue weighted by molar-refractivity contribution is -0.128. The molecule has 184 valence electrons.